The van der Waals surface area contributed by atoms with Crippen molar-refractivity contribution in [3.8, 4) is 0 Å². The molecule has 10 heavy (non-hydrogen) atoms. The molecule has 0 atom stereocenters. The summed E-state index contributed by atoms with van der Waals surface area (Å²) >= 11 is 0. The van der Waals surface area contributed by atoms with Crippen molar-refractivity contribution in [3.63, 3.8) is 0 Å². The normalized spacial score (nSPS) is 10.8. The fraction of sp³-hybridized carbons (Fsp3) is 1.00. The van der Waals surface area contributed by atoms with E-state index in [0.717, 1.165) is 0 Å². The smallest absolute Gasteiger partial charge is 0.0877 e. The second-order valence-electron chi connectivity index (χ2n) is 1.96. The summed E-state index contributed by atoms with van der Waals surface area (Å²) in [6.45, 7) is 4.20. The molecule has 0 aromatic heterocycles. The topological polar surface area (TPSA) is 66.4 Å². The number of rotatable bonds is 6. The highest BCUT2D eigenvalue weighted by Gasteiger charge is 1.94. The van der Waals surface area contributed by atoms with Gasteiger partial charge in [-0.25, -0.2) is 10.1 Å². The molecule has 1 N–H and O–H groups in total. The third kappa shape index (κ3) is 7.76. The van der Waals surface area contributed by atoms with Crippen LogP contribution in [0.2, 0.25) is 0 Å². The lowest BCUT2D eigenvalue weighted by atomic mass is 10.2. The van der Waals surface area contributed by atoms with Crippen molar-refractivity contribution < 1.29 is 30.3 Å². The van der Waals surface area contributed by atoms with Gasteiger partial charge in [0.05, 0.1) is 6.61 Å². The second-order valence-corrected chi connectivity index (χ2v) is 1.96. The van der Waals surface area contributed by atoms with Crippen LogP contribution in [0, 0.1) is 5.92 Å². The molecule has 0 aromatic carbocycles. The summed E-state index contributed by atoms with van der Waals surface area (Å²) in [5.74, 6) is 0.318. The standard InChI is InChI=1S/C4H10O6/c1-4(2)3-6-8-10-9-7-5/h4-5H,3H2,1-2H3. The third-order valence-electron chi connectivity index (χ3n) is 0.535. The first kappa shape index (κ1) is 9.76. The van der Waals surface area contributed by atoms with Crippen molar-refractivity contribution in [2.45, 2.75) is 13.8 Å². The Morgan fingerprint density at radius 3 is 2.40 bits per heavy atom. The average molecular weight is 154 g/mol. The lowest BCUT2D eigenvalue weighted by molar-refractivity contribution is -0.753. The van der Waals surface area contributed by atoms with Crippen molar-refractivity contribution in [2.75, 3.05) is 6.61 Å². The fourth-order valence-electron chi connectivity index (χ4n) is 0.207. The molecule has 0 aliphatic carbocycles. The summed E-state index contributed by atoms with van der Waals surface area (Å²) in [5.41, 5.74) is 0. The van der Waals surface area contributed by atoms with E-state index in [1.165, 1.54) is 0 Å². The van der Waals surface area contributed by atoms with Gasteiger partial charge in [0.15, 0.2) is 0 Å². The van der Waals surface area contributed by atoms with E-state index in [9.17, 15) is 0 Å². The Labute approximate surface area is 57.8 Å². The zero-order valence-electron chi connectivity index (χ0n) is 5.77. The molecule has 0 saturated carbocycles. The maximum atomic E-state index is 7.49. The molecule has 0 unspecified atom stereocenters. The average Bonchev–Trinajstić information content (AvgIpc) is 1.87. The van der Waals surface area contributed by atoms with Crippen molar-refractivity contribution in [2.24, 2.45) is 5.92 Å². The minimum absolute atomic E-state index is 0.318. The maximum absolute atomic E-state index is 7.49. The lowest BCUT2D eigenvalue weighted by Gasteiger charge is -2.01. The predicted molar refractivity (Wildman–Crippen MR) is 27.8 cm³/mol. The van der Waals surface area contributed by atoms with E-state index < -0.39 is 0 Å². The molecule has 62 valence electrons. The number of hydrogen-bond donors (Lipinski definition) is 1. The van der Waals surface area contributed by atoms with E-state index in [4.69, 9.17) is 5.26 Å². The van der Waals surface area contributed by atoms with Crippen LogP contribution in [-0.2, 0) is 25.0 Å². The third-order valence-corrected chi connectivity index (χ3v) is 0.535. The highest BCUT2D eigenvalue weighted by Crippen LogP contribution is 1.93. The molecule has 0 aromatic rings. The molecule has 0 heterocycles. The van der Waals surface area contributed by atoms with E-state index in [1.807, 2.05) is 13.8 Å². The van der Waals surface area contributed by atoms with Crippen LogP contribution in [0.25, 0.3) is 0 Å². The summed E-state index contributed by atoms with van der Waals surface area (Å²) in [4.78, 5) is 4.36. The first-order valence-corrected chi connectivity index (χ1v) is 2.70. The highest BCUT2D eigenvalue weighted by molar-refractivity contribution is 4.34. The molecule has 0 spiro atoms. The Kier molecular flexibility index (Phi) is 6.71. The molecular formula is C4H10O6. The quantitative estimate of drug-likeness (QED) is 0.347. The lowest BCUT2D eigenvalue weighted by Crippen LogP contribution is -2.03. The van der Waals surface area contributed by atoms with Crippen LogP contribution in [0.15, 0.2) is 0 Å². The van der Waals surface area contributed by atoms with Crippen LogP contribution in [0.1, 0.15) is 13.8 Å². The number of hydrogen-bond acceptors (Lipinski definition) is 6. The van der Waals surface area contributed by atoms with Crippen LogP contribution in [0.4, 0.5) is 0 Å². The molecule has 0 rings (SSSR count). The predicted octanol–water partition coefficient (Wildman–Crippen LogP) is 0.858. The van der Waals surface area contributed by atoms with Crippen molar-refractivity contribution in [1.82, 2.24) is 0 Å². The molecule has 6 heteroatoms. The zero-order chi connectivity index (χ0) is 7.82. The molecular weight excluding hydrogens is 144 g/mol. The van der Waals surface area contributed by atoms with E-state index in [0.29, 0.717) is 12.5 Å². The Morgan fingerprint density at radius 1 is 1.20 bits per heavy atom. The second kappa shape index (κ2) is 6.87. The Hall–Kier alpha value is -0.240. The largest absolute Gasteiger partial charge is 0.219 e. The monoisotopic (exact) mass is 154 g/mol. The van der Waals surface area contributed by atoms with Gasteiger partial charge in [-0.05, 0) is 26.1 Å². The molecule has 0 fully saturated rings. The summed E-state index contributed by atoms with van der Waals surface area (Å²) in [6.07, 6.45) is 0. The van der Waals surface area contributed by atoms with E-state index in [2.05, 4.69) is 25.0 Å². The van der Waals surface area contributed by atoms with Gasteiger partial charge in [0.2, 0.25) is 0 Å². The zero-order valence-corrected chi connectivity index (χ0v) is 5.77. The highest BCUT2D eigenvalue weighted by atomic mass is 17.8. The first-order chi connectivity index (χ1) is 4.77. The van der Waals surface area contributed by atoms with Gasteiger partial charge in [-0.3, -0.25) is 0 Å². The van der Waals surface area contributed by atoms with Crippen LogP contribution >= 0.6 is 0 Å². The molecule has 6 nitrogen and oxygen atoms in total. The Bertz CT molecular complexity index is 64.8. The van der Waals surface area contributed by atoms with Crippen LogP contribution in [-0.4, -0.2) is 11.9 Å². The van der Waals surface area contributed by atoms with Gasteiger partial charge in [0, 0.05) is 0 Å². The summed E-state index contributed by atoms with van der Waals surface area (Å²) in [6, 6.07) is 0. The van der Waals surface area contributed by atoms with E-state index >= 15 is 0 Å². The van der Waals surface area contributed by atoms with E-state index in [1.54, 1.807) is 0 Å². The van der Waals surface area contributed by atoms with Crippen molar-refractivity contribution in [1.29, 1.82) is 0 Å². The minimum atomic E-state index is 0.318. The van der Waals surface area contributed by atoms with Crippen LogP contribution in [0.5, 0.6) is 0 Å². The van der Waals surface area contributed by atoms with E-state index in [-0.39, 0.29) is 0 Å². The van der Waals surface area contributed by atoms with Gasteiger partial charge in [-0.15, -0.1) is 0 Å². The fourth-order valence-corrected chi connectivity index (χ4v) is 0.207. The van der Waals surface area contributed by atoms with Crippen molar-refractivity contribution in [3.05, 3.63) is 0 Å². The molecule has 0 saturated heterocycles. The molecule has 0 aliphatic rings. The Balaban J connectivity index is 2.77. The summed E-state index contributed by atoms with van der Waals surface area (Å²) in [5, 5.41) is 21.5. The van der Waals surface area contributed by atoms with Gasteiger partial charge < -0.3 is 0 Å². The van der Waals surface area contributed by atoms with Crippen LogP contribution in [0.3, 0.4) is 0 Å². The minimum Gasteiger partial charge on any atom is -0.219 e. The summed E-state index contributed by atoms with van der Waals surface area (Å²) in [7, 11) is 0. The maximum Gasteiger partial charge on any atom is 0.0877 e. The molecule has 0 amide bonds. The summed E-state index contributed by atoms with van der Waals surface area (Å²) < 4.78 is 0. The van der Waals surface area contributed by atoms with Gasteiger partial charge in [-0.1, -0.05) is 13.8 Å². The first-order valence-electron chi connectivity index (χ1n) is 2.70. The van der Waals surface area contributed by atoms with Gasteiger partial charge in [0.25, 0.3) is 0 Å². The van der Waals surface area contributed by atoms with Crippen molar-refractivity contribution >= 4 is 0 Å². The molecule has 0 aliphatic heterocycles. The van der Waals surface area contributed by atoms with Gasteiger partial charge in [-0.2, -0.15) is 0 Å². The molecule has 0 bridgehead atoms. The van der Waals surface area contributed by atoms with Crippen LogP contribution < -0.4 is 0 Å². The SMILES string of the molecule is CC(C)COOOOOO. The Morgan fingerprint density at radius 2 is 1.90 bits per heavy atom. The van der Waals surface area contributed by atoms with Gasteiger partial charge in [0.1, 0.15) is 0 Å². The van der Waals surface area contributed by atoms with Gasteiger partial charge >= 0.3 is 0 Å². The molecule has 0 radical (unpaired) electrons.